The molecule has 2 fully saturated rings. The van der Waals surface area contributed by atoms with Gasteiger partial charge in [-0.15, -0.1) is 0 Å². The number of pyridine rings is 4. The molecule has 3 amide bonds. The third-order valence-electron chi connectivity index (χ3n) is 13.1. The number of H-pyrrole nitrogens is 1. The molecule has 10 rings (SSSR count). The van der Waals surface area contributed by atoms with Gasteiger partial charge in [0, 0.05) is 115 Å². The van der Waals surface area contributed by atoms with Crippen molar-refractivity contribution in [2.24, 2.45) is 0 Å². The molecule has 2 aliphatic rings. The highest BCUT2D eigenvalue weighted by Gasteiger charge is 2.27. The van der Waals surface area contributed by atoms with Gasteiger partial charge >= 0.3 is 0 Å². The summed E-state index contributed by atoms with van der Waals surface area (Å²) in [6.07, 6.45) is 9.49. The maximum absolute atomic E-state index is 13.4. The molecule has 8 aromatic rings. The van der Waals surface area contributed by atoms with Crippen LogP contribution in [0.25, 0.3) is 66.8 Å². The number of halogens is 2. The highest BCUT2D eigenvalue weighted by Crippen LogP contribution is 2.46. The Hall–Kier alpha value is -7.85. The van der Waals surface area contributed by atoms with E-state index in [1.807, 2.05) is 84.9 Å². The average molecular weight is 987 g/mol. The van der Waals surface area contributed by atoms with Crippen LogP contribution in [0.2, 0.25) is 10.0 Å². The molecule has 0 bridgehead atoms. The van der Waals surface area contributed by atoms with Crippen molar-refractivity contribution < 1.29 is 19.1 Å². The number of morpholine rings is 1. The lowest BCUT2D eigenvalue weighted by atomic mass is 9.96. The van der Waals surface area contributed by atoms with E-state index in [1.165, 1.54) is 12.2 Å². The average Bonchev–Trinajstić information content (AvgIpc) is 3.95. The van der Waals surface area contributed by atoms with Crippen LogP contribution >= 0.6 is 23.2 Å². The predicted octanol–water partition coefficient (Wildman–Crippen LogP) is 9.79. The Labute approximate surface area is 419 Å². The summed E-state index contributed by atoms with van der Waals surface area (Å²) < 4.78 is 7.71. The molecule has 2 aliphatic heterocycles. The molecule has 6 aromatic heterocycles. The molecule has 0 spiro atoms. The summed E-state index contributed by atoms with van der Waals surface area (Å²) in [7, 11) is 0. The summed E-state index contributed by atoms with van der Waals surface area (Å²) in [4.78, 5) is 67.3. The van der Waals surface area contributed by atoms with Crippen LogP contribution in [0.1, 0.15) is 18.1 Å². The van der Waals surface area contributed by atoms with Gasteiger partial charge in [-0.1, -0.05) is 60.6 Å². The topological polar surface area (TPSA) is 166 Å². The number of anilines is 4. The maximum Gasteiger partial charge on any atom is 0.247 e. The molecular formula is C54H49Cl2N11O4. The minimum Gasteiger partial charge on any atom is -0.378 e. The lowest BCUT2D eigenvalue weighted by Crippen LogP contribution is -2.48. The van der Waals surface area contributed by atoms with Gasteiger partial charge in [-0.3, -0.25) is 14.4 Å². The molecule has 17 heteroatoms. The standard InChI is InChI=1S/C54H49Cl2N11O4/c1-5-45(69)61-41-27-35(8-7-32(41)3)48-50-40(56)16-18-58-54(50)67(52(48)37-12-14-44(60-30-37)66-23-25-71-26-24-66)31-38-10-9-34(28-42(38)62-46(70)6-2)47-49-39(55)15-17-57-53(49)63-51(47)36-11-13-43(59-29-36)65-21-19-64(20-22-65)33(4)68/h5-18,27-30H,1-2,19-26,31H2,3-4H3,(H,57,63)(H,61,69)(H,62,70). The molecule has 0 atom stereocenters. The number of hydrogen-bond donors (Lipinski definition) is 3. The Morgan fingerprint density at radius 3 is 1.94 bits per heavy atom. The lowest BCUT2D eigenvalue weighted by Gasteiger charge is -2.34. The Morgan fingerprint density at radius 2 is 1.28 bits per heavy atom. The number of fused-ring (bicyclic) bond motifs is 2. The molecular weight excluding hydrogens is 938 g/mol. The van der Waals surface area contributed by atoms with E-state index in [0.717, 1.165) is 80.6 Å². The summed E-state index contributed by atoms with van der Waals surface area (Å²) in [5, 5.41) is 8.44. The van der Waals surface area contributed by atoms with Gasteiger partial charge in [0.25, 0.3) is 0 Å². The first kappa shape index (κ1) is 46.9. The van der Waals surface area contributed by atoms with Crippen LogP contribution in [-0.4, -0.2) is 105 Å². The van der Waals surface area contributed by atoms with E-state index < -0.39 is 5.91 Å². The molecule has 0 unspecified atom stereocenters. The van der Waals surface area contributed by atoms with Gasteiger partial charge in [0.2, 0.25) is 17.7 Å². The Kier molecular flexibility index (Phi) is 13.1. The van der Waals surface area contributed by atoms with Crippen molar-refractivity contribution in [3.8, 4) is 44.8 Å². The lowest BCUT2D eigenvalue weighted by molar-refractivity contribution is -0.129. The molecule has 0 saturated carbocycles. The van der Waals surface area contributed by atoms with Crippen molar-refractivity contribution in [3.05, 3.63) is 144 Å². The zero-order valence-electron chi connectivity index (χ0n) is 39.1. The van der Waals surface area contributed by atoms with Gasteiger partial charge in [0.15, 0.2) is 0 Å². The predicted molar refractivity (Wildman–Crippen MR) is 282 cm³/mol. The number of amides is 3. The van der Waals surface area contributed by atoms with Crippen LogP contribution in [0.15, 0.2) is 123 Å². The monoisotopic (exact) mass is 985 g/mol. The van der Waals surface area contributed by atoms with Crippen molar-refractivity contribution in [3.63, 3.8) is 0 Å². The Morgan fingerprint density at radius 1 is 0.690 bits per heavy atom. The van der Waals surface area contributed by atoms with Crippen LogP contribution in [0.5, 0.6) is 0 Å². The maximum atomic E-state index is 13.4. The van der Waals surface area contributed by atoms with Crippen molar-refractivity contribution in [2.45, 2.75) is 20.4 Å². The number of aryl methyl sites for hydroxylation is 1. The zero-order valence-corrected chi connectivity index (χ0v) is 40.6. The third kappa shape index (κ3) is 9.22. The smallest absolute Gasteiger partial charge is 0.247 e. The summed E-state index contributed by atoms with van der Waals surface area (Å²) in [6, 6.07) is 23.4. The number of benzene rings is 2. The van der Waals surface area contributed by atoms with Gasteiger partial charge in [-0.2, -0.15) is 0 Å². The fourth-order valence-corrected chi connectivity index (χ4v) is 9.93. The number of rotatable bonds is 12. The number of carbonyl (C=O) groups excluding carboxylic acids is 3. The van der Waals surface area contributed by atoms with E-state index >= 15 is 0 Å². The summed E-state index contributed by atoms with van der Waals surface area (Å²) in [6.45, 7) is 16.5. The zero-order chi connectivity index (χ0) is 49.3. The number of nitrogens with one attached hydrogen (secondary N) is 3. The second-order valence-corrected chi connectivity index (χ2v) is 18.2. The summed E-state index contributed by atoms with van der Waals surface area (Å²) in [5.74, 6) is 0.973. The number of nitrogens with zero attached hydrogens (tertiary/aromatic N) is 8. The Bertz CT molecular complexity index is 3390. The van der Waals surface area contributed by atoms with E-state index in [9.17, 15) is 14.4 Å². The molecule has 0 radical (unpaired) electrons. The number of hydrogen-bond acceptors (Lipinski definition) is 10. The van der Waals surface area contributed by atoms with E-state index in [-0.39, 0.29) is 18.4 Å². The number of piperazine rings is 1. The minimum absolute atomic E-state index is 0.0687. The molecule has 2 aromatic carbocycles. The van der Waals surface area contributed by atoms with Crippen molar-refractivity contribution in [1.82, 2.24) is 34.4 Å². The molecule has 15 nitrogen and oxygen atoms in total. The number of aromatic nitrogens is 6. The number of aromatic amines is 1. The third-order valence-corrected chi connectivity index (χ3v) is 13.7. The molecule has 3 N–H and O–H groups in total. The molecule has 2 saturated heterocycles. The second-order valence-electron chi connectivity index (χ2n) is 17.4. The largest absolute Gasteiger partial charge is 0.378 e. The van der Waals surface area contributed by atoms with Crippen LogP contribution in [0.3, 0.4) is 0 Å². The first-order chi connectivity index (χ1) is 34.5. The van der Waals surface area contributed by atoms with Gasteiger partial charge in [-0.05, 0) is 89.9 Å². The van der Waals surface area contributed by atoms with Crippen LogP contribution < -0.4 is 20.4 Å². The van der Waals surface area contributed by atoms with E-state index in [0.29, 0.717) is 82.9 Å². The van der Waals surface area contributed by atoms with Gasteiger partial charge in [-0.25, -0.2) is 19.9 Å². The van der Waals surface area contributed by atoms with Crippen LogP contribution in [0, 0.1) is 6.92 Å². The summed E-state index contributed by atoms with van der Waals surface area (Å²) >= 11 is 14.2. The van der Waals surface area contributed by atoms with E-state index in [1.54, 1.807) is 31.5 Å². The van der Waals surface area contributed by atoms with Crippen molar-refractivity contribution in [1.29, 1.82) is 0 Å². The second kappa shape index (κ2) is 19.9. The van der Waals surface area contributed by atoms with E-state index in [2.05, 4.69) is 48.1 Å². The van der Waals surface area contributed by atoms with Gasteiger partial charge < -0.3 is 39.6 Å². The number of ether oxygens (including phenoxy) is 1. The van der Waals surface area contributed by atoms with Crippen LogP contribution in [-0.2, 0) is 25.7 Å². The fourth-order valence-electron chi connectivity index (χ4n) is 9.45. The normalized spacial score (nSPS) is 13.9. The SMILES string of the molecule is C=CC(=O)Nc1cc(-c2c(-c3ccc(N4CCOCC4)nc3)n(Cc3ccc(-c4c(-c5ccc(N6CCN(C(C)=O)CC6)nc5)[nH]c5nccc(Cl)c45)cc3NC(=O)C=C)c3nccc(Cl)c23)ccc1C. The van der Waals surface area contributed by atoms with Gasteiger partial charge in [0.05, 0.1) is 41.2 Å². The quantitative estimate of drug-likeness (QED) is 0.100. The highest BCUT2D eigenvalue weighted by molar-refractivity contribution is 6.37. The van der Waals surface area contributed by atoms with Crippen LogP contribution in [0.4, 0.5) is 23.0 Å². The Balaban J connectivity index is 1.12. The molecule has 358 valence electrons. The first-order valence-corrected chi connectivity index (χ1v) is 23.9. The molecule has 8 heterocycles. The van der Waals surface area contributed by atoms with Crippen molar-refractivity contribution >= 4 is 86.0 Å². The molecule has 0 aliphatic carbocycles. The number of carbonyl (C=O) groups is 3. The van der Waals surface area contributed by atoms with E-state index in [4.69, 9.17) is 42.9 Å². The minimum atomic E-state index is -0.401. The van der Waals surface area contributed by atoms with Gasteiger partial charge in [0.1, 0.15) is 22.9 Å². The highest BCUT2D eigenvalue weighted by atomic mass is 35.5. The van der Waals surface area contributed by atoms with Crippen molar-refractivity contribution in [2.75, 3.05) is 72.9 Å². The fraction of sp³-hybridized carbons (Fsp3) is 0.204. The first-order valence-electron chi connectivity index (χ1n) is 23.2. The summed E-state index contributed by atoms with van der Waals surface area (Å²) in [5.41, 5.74) is 10.1. The molecule has 71 heavy (non-hydrogen) atoms.